The summed E-state index contributed by atoms with van der Waals surface area (Å²) in [6, 6.07) is 13.4. The Bertz CT molecular complexity index is 750. The lowest BCUT2D eigenvalue weighted by molar-refractivity contribution is 0.415. The van der Waals surface area contributed by atoms with Gasteiger partial charge in [-0.2, -0.15) is 0 Å². The molecule has 0 aliphatic rings. The maximum absolute atomic E-state index is 6.01. The molecule has 0 fully saturated rings. The Kier molecular flexibility index (Phi) is 3.24. The first kappa shape index (κ1) is 12.8. The van der Waals surface area contributed by atoms with E-state index in [2.05, 4.69) is 4.98 Å². The minimum Gasteiger partial charge on any atom is -0.497 e. The van der Waals surface area contributed by atoms with Crippen LogP contribution < -0.4 is 10.5 Å². The molecule has 20 heavy (non-hydrogen) atoms. The van der Waals surface area contributed by atoms with E-state index in [1.54, 1.807) is 7.11 Å². The Morgan fingerprint density at radius 2 is 1.95 bits per heavy atom. The van der Waals surface area contributed by atoms with Crippen molar-refractivity contribution in [2.45, 2.75) is 6.54 Å². The van der Waals surface area contributed by atoms with Crippen LogP contribution in [0, 0.1) is 0 Å². The monoisotopic (exact) mass is 287 g/mol. The minimum atomic E-state index is 0.489. The summed E-state index contributed by atoms with van der Waals surface area (Å²) < 4.78 is 7.21. The van der Waals surface area contributed by atoms with Crippen LogP contribution in [0.5, 0.6) is 5.75 Å². The van der Waals surface area contributed by atoms with Gasteiger partial charge in [-0.05, 0) is 29.8 Å². The highest BCUT2D eigenvalue weighted by Crippen LogP contribution is 2.24. The highest BCUT2D eigenvalue weighted by molar-refractivity contribution is 6.30. The summed E-state index contributed by atoms with van der Waals surface area (Å²) in [5.41, 5.74) is 8.94. The van der Waals surface area contributed by atoms with Crippen molar-refractivity contribution in [3.63, 3.8) is 0 Å². The number of hydrogen-bond acceptors (Lipinski definition) is 3. The van der Waals surface area contributed by atoms with Gasteiger partial charge in [-0.25, -0.2) is 4.98 Å². The molecule has 0 radical (unpaired) electrons. The zero-order chi connectivity index (χ0) is 14.1. The van der Waals surface area contributed by atoms with Gasteiger partial charge in [0.25, 0.3) is 0 Å². The molecule has 3 aromatic rings. The van der Waals surface area contributed by atoms with Gasteiger partial charge >= 0.3 is 0 Å². The van der Waals surface area contributed by atoms with Crippen LogP contribution in [0.3, 0.4) is 0 Å². The molecule has 4 nitrogen and oxygen atoms in total. The van der Waals surface area contributed by atoms with E-state index >= 15 is 0 Å². The molecule has 0 atom stereocenters. The number of hydrogen-bond donors (Lipinski definition) is 1. The van der Waals surface area contributed by atoms with Crippen molar-refractivity contribution in [1.82, 2.24) is 9.55 Å². The van der Waals surface area contributed by atoms with Gasteiger partial charge < -0.3 is 15.0 Å². The van der Waals surface area contributed by atoms with Crippen LogP contribution in [-0.4, -0.2) is 16.7 Å². The van der Waals surface area contributed by atoms with Crippen LogP contribution in [0.25, 0.3) is 11.0 Å². The molecule has 2 aromatic carbocycles. The van der Waals surface area contributed by atoms with Gasteiger partial charge in [-0.15, -0.1) is 0 Å². The second kappa shape index (κ2) is 5.06. The fourth-order valence-corrected chi connectivity index (χ4v) is 2.31. The number of anilines is 1. The molecule has 0 bridgehead atoms. The van der Waals surface area contributed by atoms with E-state index in [9.17, 15) is 0 Å². The van der Waals surface area contributed by atoms with E-state index in [1.807, 2.05) is 47.0 Å². The number of nitrogen functional groups attached to an aromatic ring is 1. The molecular weight excluding hydrogens is 274 g/mol. The summed E-state index contributed by atoms with van der Waals surface area (Å²) in [5, 5.41) is 0.721. The average Bonchev–Trinajstić information content (AvgIpc) is 2.77. The number of fused-ring (bicyclic) bond motifs is 1. The SMILES string of the molecule is COc1ccc2nc(N)n(Cc3ccc(Cl)cc3)c2c1. The molecular formula is C15H14ClN3O. The maximum Gasteiger partial charge on any atom is 0.201 e. The van der Waals surface area contributed by atoms with Crippen molar-refractivity contribution >= 4 is 28.6 Å². The van der Waals surface area contributed by atoms with E-state index in [4.69, 9.17) is 22.1 Å². The summed E-state index contributed by atoms with van der Waals surface area (Å²) in [7, 11) is 1.64. The van der Waals surface area contributed by atoms with E-state index in [0.717, 1.165) is 27.4 Å². The summed E-state index contributed by atoms with van der Waals surface area (Å²) in [6.07, 6.45) is 0. The number of nitrogens with zero attached hydrogens (tertiary/aromatic N) is 2. The largest absolute Gasteiger partial charge is 0.497 e. The molecule has 5 heteroatoms. The number of benzene rings is 2. The Hall–Kier alpha value is -2.20. The second-order valence-electron chi connectivity index (χ2n) is 4.54. The molecule has 1 heterocycles. The third-order valence-electron chi connectivity index (χ3n) is 3.24. The molecule has 1 aromatic heterocycles. The second-order valence-corrected chi connectivity index (χ2v) is 4.97. The molecule has 0 amide bonds. The highest BCUT2D eigenvalue weighted by atomic mass is 35.5. The lowest BCUT2D eigenvalue weighted by Crippen LogP contribution is -2.04. The fourth-order valence-electron chi connectivity index (χ4n) is 2.19. The zero-order valence-electron chi connectivity index (χ0n) is 11.0. The first-order chi connectivity index (χ1) is 9.67. The van der Waals surface area contributed by atoms with Crippen molar-refractivity contribution in [3.05, 3.63) is 53.1 Å². The van der Waals surface area contributed by atoms with Gasteiger partial charge in [0.1, 0.15) is 5.75 Å². The third-order valence-corrected chi connectivity index (χ3v) is 3.49. The summed E-state index contributed by atoms with van der Waals surface area (Å²) >= 11 is 5.90. The van der Waals surface area contributed by atoms with Crippen molar-refractivity contribution < 1.29 is 4.74 Å². The maximum atomic E-state index is 6.01. The normalized spacial score (nSPS) is 10.9. The number of rotatable bonds is 3. The Balaban J connectivity index is 2.05. The van der Waals surface area contributed by atoms with E-state index in [1.165, 1.54) is 0 Å². The first-order valence-corrected chi connectivity index (χ1v) is 6.59. The number of aromatic nitrogens is 2. The Morgan fingerprint density at radius 3 is 2.65 bits per heavy atom. The molecule has 0 aliphatic heterocycles. The topological polar surface area (TPSA) is 53.1 Å². The number of methoxy groups -OCH3 is 1. The smallest absolute Gasteiger partial charge is 0.201 e. The molecule has 2 N–H and O–H groups in total. The predicted molar refractivity (Wildman–Crippen MR) is 81.3 cm³/mol. The molecule has 3 rings (SSSR count). The van der Waals surface area contributed by atoms with Gasteiger partial charge in [0.05, 0.1) is 24.7 Å². The standard InChI is InChI=1S/C15H14ClN3O/c1-20-12-6-7-13-14(8-12)19(15(17)18-13)9-10-2-4-11(16)5-3-10/h2-8H,9H2,1H3,(H2,17,18). The van der Waals surface area contributed by atoms with E-state index < -0.39 is 0 Å². The highest BCUT2D eigenvalue weighted by Gasteiger charge is 2.09. The van der Waals surface area contributed by atoms with Gasteiger partial charge in [0.15, 0.2) is 0 Å². The number of halogens is 1. The van der Waals surface area contributed by atoms with Crippen LogP contribution >= 0.6 is 11.6 Å². The van der Waals surface area contributed by atoms with Gasteiger partial charge in [0.2, 0.25) is 5.95 Å². The Morgan fingerprint density at radius 1 is 1.20 bits per heavy atom. The number of ether oxygens (including phenoxy) is 1. The van der Waals surface area contributed by atoms with Crippen molar-refractivity contribution in [1.29, 1.82) is 0 Å². The number of nitrogens with two attached hydrogens (primary N) is 1. The van der Waals surface area contributed by atoms with Gasteiger partial charge in [-0.3, -0.25) is 0 Å². The van der Waals surface area contributed by atoms with Crippen LogP contribution in [0.4, 0.5) is 5.95 Å². The molecule has 0 spiro atoms. The first-order valence-electron chi connectivity index (χ1n) is 6.21. The van der Waals surface area contributed by atoms with Gasteiger partial charge in [0, 0.05) is 11.1 Å². The van der Waals surface area contributed by atoms with Crippen LogP contribution in [0.2, 0.25) is 5.02 Å². The quantitative estimate of drug-likeness (QED) is 0.804. The zero-order valence-corrected chi connectivity index (χ0v) is 11.8. The van der Waals surface area contributed by atoms with Gasteiger partial charge in [-0.1, -0.05) is 23.7 Å². The van der Waals surface area contributed by atoms with Crippen molar-refractivity contribution in [3.8, 4) is 5.75 Å². The average molecular weight is 288 g/mol. The van der Waals surface area contributed by atoms with Crippen molar-refractivity contribution in [2.75, 3.05) is 12.8 Å². The van der Waals surface area contributed by atoms with E-state index in [0.29, 0.717) is 12.5 Å². The minimum absolute atomic E-state index is 0.489. The van der Waals surface area contributed by atoms with E-state index in [-0.39, 0.29) is 0 Å². The molecule has 102 valence electrons. The van der Waals surface area contributed by atoms with Crippen molar-refractivity contribution in [2.24, 2.45) is 0 Å². The summed E-state index contributed by atoms with van der Waals surface area (Å²) in [4.78, 5) is 4.36. The summed E-state index contributed by atoms with van der Waals surface area (Å²) in [6.45, 7) is 0.646. The fraction of sp³-hybridized carbons (Fsp3) is 0.133. The number of imidazole rings is 1. The third kappa shape index (κ3) is 2.30. The molecule has 0 aliphatic carbocycles. The van der Waals surface area contributed by atoms with Crippen LogP contribution in [0.1, 0.15) is 5.56 Å². The van der Waals surface area contributed by atoms with Crippen LogP contribution in [-0.2, 0) is 6.54 Å². The lowest BCUT2D eigenvalue weighted by Gasteiger charge is -2.07. The van der Waals surface area contributed by atoms with Crippen LogP contribution in [0.15, 0.2) is 42.5 Å². The Labute approximate surface area is 121 Å². The molecule has 0 saturated heterocycles. The molecule has 0 unspecified atom stereocenters. The predicted octanol–water partition coefficient (Wildman–Crippen LogP) is 3.33. The lowest BCUT2D eigenvalue weighted by atomic mass is 10.2. The summed E-state index contributed by atoms with van der Waals surface area (Å²) in [5.74, 6) is 1.28. The molecule has 0 saturated carbocycles.